The van der Waals surface area contributed by atoms with E-state index in [1.807, 2.05) is 24.3 Å². The van der Waals surface area contributed by atoms with E-state index in [4.69, 9.17) is 13.9 Å². The first kappa shape index (κ1) is 17.3. The van der Waals surface area contributed by atoms with Crippen molar-refractivity contribution in [3.8, 4) is 5.75 Å². The Labute approximate surface area is 138 Å². The van der Waals surface area contributed by atoms with Gasteiger partial charge in [0.2, 0.25) is 11.8 Å². The molecule has 2 aromatic rings. The monoisotopic (exact) mass is 337 g/mol. The number of hydrogen-bond donors (Lipinski definition) is 1. The molecule has 0 aliphatic carbocycles. The van der Waals surface area contributed by atoms with Crippen LogP contribution in [0.25, 0.3) is 0 Å². The van der Waals surface area contributed by atoms with Crippen LogP contribution < -0.4 is 10.1 Å². The lowest BCUT2D eigenvalue weighted by Crippen LogP contribution is -2.28. The van der Waals surface area contributed by atoms with Gasteiger partial charge >= 0.3 is 0 Å². The summed E-state index contributed by atoms with van der Waals surface area (Å²) in [5.41, 5.74) is 1.04. The van der Waals surface area contributed by atoms with Gasteiger partial charge in [-0.05, 0) is 17.7 Å². The molecule has 0 saturated carbocycles. The molecule has 0 fully saturated rings. The number of nitrogens with zero attached hydrogens (tertiary/aromatic N) is 2. The van der Waals surface area contributed by atoms with Crippen LogP contribution in [0.1, 0.15) is 11.5 Å². The molecule has 8 heteroatoms. The van der Waals surface area contributed by atoms with E-state index < -0.39 is 0 Å². The third kappa shape index (κ3) is 5.91. The van der Waals surface area contributed by atoms with Crippen molar-refractivity contribution in [1.82, 2.24) is 15.5 Å². The maximum absolute atomic E-state index is 11.6. The number of carbonyl (C=O) groups excluding carboxylic acids is 1. The molecule has 1 heterocycles. The van der Waals surface area contributed by atoms with Crippen LogP contribution in [-0.4, -0.2) is 49.2 Å². The fourth-order valence-corrected chi connectivity index (χ4v) is 2.37. The van der Waals surface area contributed by atoms with Gasteiger partial charge in [0.25, 0.3) is 5.22 Å². The van der Waals surface area contributed by atoms with E-state index in [1.165, 1.54) is 11.8 Å². The van der Waals surface area contributed by atoms with E-state index in [1.54, 1.807) is 14.2 Å². The van der Waals surface area contributed by atoms with Gasteiger partial charge < -0.3 is 19.2 Å². The summed E-state index contributed by atoms with van der Waals surface area (Å²) in [4.78, 5) is 11.6. The van der Waals surface area contributed by atoms with Gasteiger partial charge in [-0.25, -0.2) is 0 Å². The first-order valence-electron chi connectivity index (χ1n) is 7.05. The average molecular weight is 337 g/mol. The molecule has 0 atom stereocenters. The highest BCUT2D eigenvalue weighted by atomic mass is 32.2. The number of hydrogen-bond acceptors (Lipinski definition) is 7. The van der Waals surface area contributed by atoms with E-state index in [0.717, 1.165) is 11.3 Å². The number of aromatic nitrogens is 2. The molecule has 0 aliphatic rings. The molecule has 0 spiro atoms. The fourth-order valence-electron chi connectivity index (χ4n) is 1.76. The van der Waals surface area contributed by atoms with Crippen molar-refractivity contribution in [3.63, 3.8) is 0 Å². The van der Waals surface area contributed by atoms with Gasteiger partial charge in [-0.2, -0.15) is 0 Å². The second-order valence-electron chi connectivity index (χ2n) is 4.62. The molecule has 1 aromatic heterocycles. The molecule has 1 amide bonds. The first-order chi connectivity index (χ1) is 11.2. The van der Waals surface area contributed by atoms with E-state index in [0.29, 0.717) is 30.7 Å². The molecule has 1 N–H and O–H groups in total. The maximum Gasteiger partial charge on any atom is 0.277 e. The van der Waals surface area contributed by atoms with Gasteiger partial charge in [0.05, 0.1) is 25.9 Å². The highest BCUT2D eigenvalue weighted by Crippen LogP contribution is 2.18. The highest BCUT2D eigenvalue weighted by molar-refractivity contribution is 7.99. The Morgan fingerprint density at radius 3 is 2.74 bits per heavy atom. The number of carbonyl (C=O) groups is 1. The standard InChI is InChI=1S/C15H19N3O4S/c1-20-8-7-16-13(19)10-23-15-18-17-14(22-15)9-11-3-5-12(21-2)6-4-11/h3-6H,7-10H2,1-2H3,(H,16,19). The summed E-state index contributed by atoms with van der Waals surface area (Å²) in [6.45, 7) is 0.978. The number of thioether (sulfide) groups is 1. The van der Waals surface area contributed by atoms with Crippen LogP contribution in [0, 0.1) is 0 Å². The molecule has 124 valence electrons. The number of nitrogens with one attached hydrogen (secondary N) is 1. The smallest absolute Gasteiger partial charge is 0.277 e. The Balaban J connectivity index is 1.79. The van der Waals surface area contributed by atoms with Gasteiger partial charge in [0, 0.05) is 13.7 Å². The van der Waals surface area contributed by atoms with E-state index in [-0.39, 0.29) is 11.7 Å². The summed E-state index contributed by atoms with van der Waals surface area (Å²) in [5.74, 6) is 1.45. The van der Waals surface area contributed by atoms with Crippen molar-refractivity contribution in [2.75, 3.05) is 33.1 Å². The summed E-state index contributed by atoms with van der Waals surface area (Å²) < 4.78 is 15.5. The van der Waals surface area contributed by atoms with E-state index >= 15 is 0 Å². The molecule has 0 unspecified atom stereocenters. The Kier molecular flexibility index (Phi) is 6.89. The predicted molar refractivity (Wildman–Crippen MR) is 85.7 cm³/mol. The lowest BCUT2D eigenvalue weighted by molar-refractivity contribution is -0.118. The zero-order valence-corrected chi connectivity index (χ0v) is 13.9. The van der Waals surface area contributed by atoms with Crippen LogP contribution in [0.3, 0.4) is 0 Å². The predicted octanol–water partition coefficient (Wildman–Crippen LogP) is 1.52. The SMILES string of the molecule is COCCNC(=O)CSc1nnc(Cc2ccc(OC)cc2)o1. The molecule has 0 bridgehead atoms. The largest absolute Gasteiger partial charge is 0.497 e. The van der Waals surface area contributed by atoms with Crippen LogP contribution >= 0.6 is 11.8 Å². The van der Waals surface area contributed by atoms with Gasteiger partial charge in [-0.15, -0.1) is 10.2 Å². The van der Waals surface area contributed by atoms with Crippen LogP contribution in [-0.2, 0) is 16.0 Å². The summed E-state index contributed by atoms with van der Waals surface area (Å²) in [7, 11) is 3.21. The molecule has 1 aromatic carbocycles. The minimum absolute atomic E-state index is 0.0954. The van der Waals surface area contributed by atoms with Gasteiger partial charge in [0.1, 0.15) is 5.75 Å². The van der Waals surface area contributed by atoms with Crippen molar-refractivity contribution in [2.45, 2.75) is 11.6 Å². The molecular formula is C15H19N3O4S. The van der Waals surface area contributed by atoms with Crippen molar-refractivity contribution < 1.29 is 18.7 Å². The molecular weight excluding hydrogens is 318 g/mol. The Hall–Kier alpha value is -2.06. The maximum atomic E-state index is 11.6. The van der Waals surface area contributed by atoms with Gasteiger partial charge in [0.15, 0.2) is 0 Å². The number of rotatable bonds is 9. The first-order valence-corrected chi connectivity index (χ1v) is 8.03. The lowest BCUT2D eigenvalue weighted by Gasteiger charge is -2.02. The van der Waals surface area contributed by atoms with Crippen LogP contribution in [0.4, 0.5) is 0 Å². The van der Waals surface area contributed by atoms with Crippen LogP contribution in [0.2, 0.25) is 0 Å². The average Bonchev–Trinajstić information content (AvgIpc) is 3.01. The minimum atomic E-state index is -0.0954. The highest BCUT2D eigenvalue weighted by Gasteiger charge is 2.10. The number of ether oxygens (including phenoxy) is 2. The topological polar surface area (TPSA) is 86.5 Å². The van der Waals surface area contributed by atoms with E-state index in [9.17, 15) is 4.79 Å². The third-order valence-electron chi connectivity index (χ3n) is 2.92. The van der Waals surface area contributed by atoms with Crippen LogP contribution in [0.15, 0.2) is 33.9 Å². The molecule has 0 radical (unpaired) electrons. The number of amides is 1. The van der Waals surface area contributed by atoms with Gasteiger partial charge in [-0.1, -0.05) is 23.9 Å². The lowest BCUT2D eigenvalue weighted by atomic mass is 10.1. The van der Waals surface area contributed by atoms with Gasteiger partial charge in [-0.3, -0.25) is 4.79 Å². The molecule has 23 heavy (non-hydrogen) atoms. The normalized spacial score (nSPS) is 10.5. The molecule has 0 aliphatic heterocycles. The fraction of sp³-hybridized carbons (Fsp3) is 0.400. The summed E-state index contributed by atoms with van der Waals surface area (Å²) >= 11 is 1.21. The Morgan fingerprint density at radius 2 is 2.04 bits per heavy atom. The Bertz CT molecular complexity index is 615. The summed E-state index contributed by atoms with van der Waals surface area (Å²) in [5, 5.41) is 11.0. The van der Waals surface area contributed by atoms with Crippen molar-refractivity contribution in [1.29, 1.82) is 0 Å². The zero-order valence-electron chi connectivity index (χ0n) is 13.1. The van der Waals surface area contributed by atoms with Crippen molar-refractivity contribution >= 4 is 17.7 Å². The molecule has 2 rings (SSSR count). The number of benzene rings is 1. The van der Waals surface area contributed by atoms with E-state index in [2.05, 4.69) is 15.5 Å². The van der Waals surface area contributed by atoms with Crippen molar-refractivity contribution in [3.05, 3.63) is 35.7 Å². The summed E-state index contributed by atoms with van der Waals surface area (Å²) in [6, 6.07) is 7.65. The quantitative estimate of drug-likeness (QED) is 0.548. The minimum Gasteiger partial charge on any atom is -0.497 e. The van der Waals surface area contributed by atoms with Crippen molar-refractivity contribution in [2.24, 2.45) is 0 Å². The zero-order chi connectivity index (χ0) is 16.5. The molecule has 7 nitrogen and oxygen atoms in total. The Morgan fingerprint density at radius 1 is 1.26 bits per heavy atom. The number of methoxy groups -OCH3 is 2. The summed E-state index contributed by atoms with van der Waals surface area (Å²) in [6.07, 6.45) is 0.539. The van der Waals surface area contributed by atoms with Crippen LogP contribution in [0.5, 0.6) is 5.75 Å². The third-order valence-corrected chi connectivity index (χ3v) is 3.74. The second-order valence-corrected chi connectivity index (χ2v) is 5.54. The molecule has 0 saturated heterocycles. The second kappa shape index (κ2) is 9.16.